The van der Waals surface area contributed by atoms with Crippen molar-refractivity contribution in [2.24, 2.45) is 0 Å². The molecule has 0 saturated carbocycles. The van der Waals surface area contributed by atoms with E-state index in [9.17, 15) is 4.79 Å². The van der Waals surface area contributed by atoms with Gasteiger partial charge in [0.25, 0.3) is 5.91 Å². The van der Waals surface area contributed by atoms with E-state index < -0.39 is 0 Å². The molecule has 0 atom stereocenters. The van der Waals surface area contributed by atoms with Crippen LogP contribution in [0.25, 0.3) is 16.2 Å². The van der Waals surface area contributed by atoms with Crippen molar-refractivity contribution in [1.29, 1.82) is 0 Å². The molecule has 0 bridgehead atoms. The normalized spacial score (nSPS) is 14.6. The van der Waals surface area contributed by atoms with Crippen molar-refractivity contribution in [2.45, 2.75) is 33.2 Å². The number of hydrogen-bond acceptors (Lipinski definition) is 6. The number of nitrogens with zero attached hydrogens (tertiary/aromatic N) is 5. The molecule has 1 saturated heterocycles. The van der Waals surface area contributed by atoms with Crippen molar-refractivity contribution in [3.8, 4) is 11.3 Å². The van der Waals surface area contributed by atoms with Crippen LogP contribution in [-0.4, -0.2) is 57.1 Å². The highest BCUT2D eigenvalue weighted by Gasteiger charge is 2.27. The lowest BCUT2D eigenvalue weighted by atomic mass is 10.1. The molecule has 1 aliphatic heterocycles. The fraction of sp³-hybridized carbons (Fsp3) is 0.346. The predicted octanol–water partition coefficient (Wildman–Crippen LogP) is 4.94. The second-order valence-electron chi connectivity index (χ2n) is 9.72. The number of benzene rings is 2. The molecule has 3 heterocycles. The van der Waals surface area contributed by atoms with Gasteiger partial charge in [0.05, 0.1) is 0 Å². The van der Waals surface area contributed by atoms with Crippen LogP contribution in [0.3, 0.4) is 0 Å². The number of fused-ring (bicyclic) bond motifs is 1. The smallest absolute Gasteiger partial charge is 0.254 e. The van der Waals surface area contributed by atoms with Gasteiger partial charge in [-0.2, -0.15) is 4.52 Å². The number of carbonyl (C=O) groups is 1. The lowest BCUT2D eigenvalue weighted by Crippen LogP contribution is -2.49. The van der Waals surface area contributed by atoms with Crippen LogP contribution in [0.2, 0.25) is 0 Å². The molecule has 1 amide bonds. The summed E-state index contributed by atoms with van der Waals surface area (Å²) in [5.41, 5.74) is 3.65. The molecule has 0 radical (unpaired) electrons. The van der Waals surface area contributed by atoms with Gasteiger partial charge in [-0.15, -0.1) is 5.10 Å². The van der Waals surface area contributed by atoms with E-state index in [1.165, 1.54) is 0 Å². The van der Waals surface area contributed by atoms with Gasteiger partial charge in [-0.3, -0.25) is 4.79 Å². The van der Waals surface area contributed by atoms with Crippen LogP contribution in [0, 0.1) is 6.92 Å². The van der Waals surface area contributed by atoms with E-state index in [0.717, 1.165) is 51.4 Å². The quantitative estimate of drug-likeness (QED) is 0.454. The zero-order chi connectivity index (χ0) is 23.9. The molecule has 34 heavy (non-hydrogen) atoms. The second-order valence-corrected chi connectivity index (χ2v) is 10.7. The molecule has 2 aromatic carbocycles. The molecule has 1 fully saturated rings. The average molecular weight is 475 g/mol. The van der Waals surface area contributed by atoms with Gasteiger partial charge in [0, 0.05) is 42.8 Å². The van der Waals surface area contributed by atoms with Crippen LogP contribution in [0.1, 0.15) is 36.7 Å². The number of nitrogens with one attached hydrogen (secondary N) is 1. The number of hydrogen-bond donors (Lipinski definition) is 1. The molecule has 0 aliphatic carbocycles. The van der Waals surface area contributed by atoms with E-state index >= 15 is 0 Å². The van der Waals surface area contributed by atoms with Gasteiger partial charge < -0.3 is 15.1 Å². The van der Waals surface area contributed by atoms with Crippen molar-refractivity contribution in [3.63, 3.8) is 0 Å². The molecule has 7 nitrogen and oxygen atoms in total. The van der Waals surface area contributed by atoms with E-state index in [1.807, 2.05) is 58.8 Å². The van der Waals surface area contributed by atoms with E-state index in [1.54, 1.807) is 11.3 Å². The lowest BCUT2D eigenvalue weighted by Gasteiger charge is -2.34. The summed E-state index contributed by atoms with van der Waals surface area (Å²) in [5.74, 6) is 1.01. The van der Waals surface area contributed by atoms with Crippen LogP contribution in [0.5, 0.6) is 0 Å². The summed E-state index contributed by atoms with van der Waals surface area (Å²) < 4.78 is 1.93. The summed E-state index contributed by atoms with van der Waals surface area (Å²) in [6.07, 6.45) is 0. The monoisotopic (exact) mass is 474 g/mol. The summed E-state index contributed by atoms with van der Waals surface area (Å²) >= 11 is 1.59. The molecule has 0 spiro atoms. The molecular formula is C26H30N6OS. The molecule has 8 heteroatoms. The zero-order valence-corrected chi connectivity index (χ0v) is 20.9. The Kier molecular flexibility index (Phi) is 5.77. The van der Waals surface area contributed by atoms with Crippen molar-refractivity contribution in [3.05, 3.63) is 65.7 Å². The second kappa shape index (κ2) is 8.76. The number of amides is 1. The third kappa shape index (κ3) is 4.37. The van der Waals surface area contributed by atoms with E-state index in [-0.39, 0.29) is 11.4 Å². The Morgan fingerprint density at radius 1 is 0.971 bits per heavy atom. The number of piperazine rings is 1. The Morgan fingerprint density at radius 3 is 2.32 bits per heavy atom. The van der Waals surface area contributed by atoms with Gasteiger partial charge in [0.1, 0.15) is 5.69 Å². The summed E-state index contributed by atoms with van der Waals surface area (Å²) in [6.45, 7) is 11.3. The highest BCUT2D eigenvalue weighted by molar-refractivity contribution is 7.20. The average Bonchev–Trinajstić information content (AvgIpc) is 3.38. The molecule has 2 aromatic heterocycles. The first-order valence-electron chi connectivity index (χ1n) is 11.6. The SMILES string of the molecule is Cc1ccccc1C(=O)N1CCN(c2nn3c(NC(C)(C)C)c(-c4ccccc4)nc3s2)CC1. The first-order valence-corrected chi connectivity index (χ1v) is 12.4. The molecule has 5 rings (SSSR count). The van der Waals surface area contributed by atoms with Gasteiger partial charge >= 0.3 is 0 Å². The Hall–Kier alpha value is -3.39. The van der Waals surface area contributed by atoms with Gasteiger partial charge in [-0.25, -0.2) is 4.98 Å². The van der Waals surface area contributed by atoms with Crippen molar-refractivity contribution >= 4 is 33.2 Å². The zero-order valence-electron chi connectivity index (χ0n) is 20.1. The molecule has 0 unspecified atom stereocenters. The van der Waals surface area contributed by atoms with Crippen LogP contribution >= 0.6 is 11.3 Å². The minimum Gasteiger partial charge on any atom is -0.364 e. The van der Waals surface area contributed by atoms with Gasteiger partial charge in [0.2, 0.25) is 10.1 Å². The fourth-order valence-electron chi connectivity index (χ4n) is 4.21. The summed E-state index contributed by atoms with van der Waals surface area (Å²) in [6, 6.07) is 18.0. The Morgan fingerprint density at radius 2 is 1.65 bits per heavy atom. The van der Waals surface area contributed by atoms with Crippen LogP contribution in [0.4, 0.5) is 10.9 Å². The van der Waals surface area contributed by atoms with E-state index in [2.05, 4.69) is 43.1 Å². The van der Waals surface area contributed by atoms with E-state index in [0.29, 0.717) is 13.1 Å². The molecule has 4 aromatic rings. The highest BCUT2D eigenvalue weighted by atomic mass is 32.1. The number of aryl methyl sites for hydroxylation is 1. The Labute approximate surface area is 204 Å². The number of aromatic nitrogens is 3. The van der Waals surface area contributed by atoms with Crippen LogP contribution in [-0.2, 0) is 0 Å². The number of anilines is 2. The molecule has 1 aliphatic rings. The van der Waals surface area contributed by atoms with Crippen LogP contribution < -0.4 is 10.2 Å². The van der Waals surface area contributed by atoms with Crippen LogP contribution in [0.15, 0.2) is 54.6 Å². The highest BCUT2D eigenvalue weighted by Crippen LogP contribution is 2.35. The summed E-state index contributed by atoms with van der Waals surface area (Å²) in [5, 5.41) is 9.48. The van der Waals surface area contributed by atoms with Crippen molar-refractivity contribution in [2.75, 3.05) is 36.4 Å². The number of carbonyl (C=O) groups excluding carboxylic acids is 1. The molecular weight excluding hydrogens is 444 g/mol. The number of imidazole rings is 1. The van der Waals surface area contributed by atoms with Crippen molar-refractivity contribution in [1.82, 2.24) is 19.5 Å². The fourth-order valence-corrected chi connectivity index (χ4v) is 5.17. The lowest BCUT2D eigenvalue weighted by molar-refractivity contribution is 0.0746. The number of rotatable bonds is 4. The molecule has 1 N–H and O–H groups in total. The topological polar surface area (TPSA) is 65.8 Å². The minimum absolute atomic E-state index is 0.107. The predicted molar refractivity (Wildman–Crippen MR) is 139 cm³/mol. The van der Waals surface area contributed by atoms with Gasteiger partial charge in [0.15, 0.2) is 5.82 Å². The maximum atomic E-state index is 13.0. The summed E-state index contributed by atoms with van der Waals surface area (Å²) in [7, 11) is 0. The third-order valence-electron chi connectivity index (χ3n) is 5.95. The van der Waals surface area contributed by atoms with Gasteiger partial charge in [-0.05, 0) is 39.3 Å². The maximum absolute atomic E-state index is 13.0. The molecule has 176 valence electrons. The van der Waals surface area contributed by atoms with E-state index in [4.69, 9.17) is 10.1 Å². The third-order valence-corrected chi connectivity index (χ3v) is 6.92. The first-order chi connectivity index (χ1) is 16.3. The standard InChI is InChI=1S/C26H30N6OS/c1-18-10-8-9-13-20(18)23(33)30-14-16-31(17-15-30)25-29-32-22(28-26(2,3)4)21(27-24(32)34-25)19-11-6-5-7-12-19/h5-13,28H,14-17H2,1-4H3. The first kappa shape index (κ1) is 22.4. The summed E-state index contributed by atoms with van der Waals surface area (Å²) in [4.78, 5) is 23.0. The van der Waals surface area contributed by atoms with Crippen molar-refractivity contribution < 1.29 is 4.79 Å². The largest absolute Gasteiger partial charge is 0.364 e. The van der Waals surface area contributed by atoms with Gasteiger partial charge in [-0.1, -0.05) is 59.9 Å². The minimum atomic E-state index is -0.134. The maximum Gasteiger partial charge on any atom is 0.254 e. The Balaban J connectivity index is 1.38. The Bertz CT molecular complexity index is 1310.